The van der Waals surface area contributed by atoms with E-state index in [2.05, 4.69) is 4.98 Å². The van der Waals surface area contributed by atoms with Crippen molar-refractivity contribution in [2.75, 3.05) is 11.5 Å². The van der Waals surface area contributed by atoms with Crippen LogP contribution in [0, 0.1) is 0 Å². The van der Waals surface area contributed by atoms with E-state index in [4.69, 9.17) is 4.74 Å². The molecule has 0 spiro atoms. The third kappa shape index (κ3) is 4.58. The number of carbonyl (C=O) groups is 2. The largest absolute Gasteiger partial charge is 0.462 e. The van der Waals surface area contributed by atoms with Gasteiger partial charge in [-0.3, -0.25) is 9.78 Å². The van der Waals surface area contributed by atoms with Crippen LogP contribution < -0.4 is 4.90 Å². The van der Waals surface area contributed by atoms with Crippen LogP contribution in [0.25, 0.3) is 0 Å². The molecule has 0 saturated carbocycles. The first-order valence-corrected chi connectivity index (χ1v) is 8.72. The molecule has 136 valence electrons. The minimum atomic E-state index is -0.378. The lowest BCUT2D eigenvalue weighted by Gasteiger charge is -2.23. The molecule has 5 nitrogen and oxygen atoms in total. The highest BCUT2D eigenvalue weighted by Gasteiger charge is 2.19. The fraction of sp³-hybridized carbons (Fsp3) is 0.136. The van der Waals surface area contributed by atoms with Gasteiger partial charge in [0.1, 0.15) is 0 Å². The van der Waals surface area contributed by atoms with Gasteiger partial charge in [0.2, 0.25) is 0 Å². The lowest BCUT2D eigenvalue weighted by molar-refractivity contribution is 0.0526. The molecule has 3 rings (SSSR count). The molecule has 0 fully saturated rings. The Hall–Kier alpha value is -3.47. The highest BCUT2D eigenvalue weighted by Crippen LogP contribution is 2.21. The number of anilines is 1. The lowest BCUT2D eigenvalue weighted by Crippen LogP contribution is -2.30. The molecule has 0 bridgehead atoms. The number of hydrogen-bond donors (Lipinski definition) is 0. The van der Waals surface area contributed by atoms with Gasteiger partial charge in [0.15, 0.2) is 0 Å². The van der Waals surface area contributed by atoms with Crippen LogP contribution in [0.4, 0.5) is 5.69 Å². The van der Waals surface area contributed by atoms with Gasteiger partial charge in [-0.15, -0.1) is 0 Å². The maximum absolute atomic E-state index is 13.1. The van der Waals surface area contributed by atoms with Crippen molar-refractivity contribution in [1.29, 1.82) is 0 Å². The zero-order valence-electron chi connectivity index (χ0n) is 15.0. The zero-order chi connectivity index (χ0) is 19.1. The fourth-order valence-corrected chi connectivity index (χ4v) is 2.68. The van der Waals surface area contributed by atoms with Gasteiger partial charge in [0.05, 0.1) is 18.7 Å². The summed E-state index contributed by atoms with van der Waals surface area (Å²) in [5, 5.41) is 0. The van der Waals surface area contributed by atoms with Crippen LogP contribution in [0.15, 0.2) is 79.1 Å². The highest BCUT2D eigenvalue weighted by molar-refractivity contribution is 6.06. The quantitative estimate of drug-likeness (QED) is 0.621. The maximum atomic E-state index is 13.1. The Kier molecular flexibility index (Phi) is 5.94. The molecule has 0 N–H and O–H groups in total. The third-order valence-electron chi connectivity index (χ3n) is 4.02. The molecule has 0 radical (unpaired) electrons. The molecule has 0 unspecified atom stereocenters. The molecule has 1 heterocycles. The minimum absolute atomic E-state index is 0.122. The van der Waals surface area contributed by atoms with Crippen molar-refractivity contribution in [1.82, 2.24) is 4.98 Å². The minimum Gasteiger partial charge on any atom is -0.462 e. The van der Waals surface area contributed by atoms with E-state index in [0.29, 0.717) is 30.0 Å². The van der Waals surface area contributed by atoms with Crippen LogP contribution in [0.1, 0.15) is 33.2 Å². The van der Waals surface area contributed by atoms with E-state index in [1.807, 2.05) is 30.3 Å². The highest BCUT2D eigenvalue weighted by atomic mass is 16.5. The molecule has 2 aromatic carbocycles. The number of carbonyl (C=O) groups excluding carboxylic acids is 2. The first kappa shape index (κ1) is 18.3. The number of rotatable bonds is 6. The number of benzene rings is 2. The van der Waals surface area contributed by atoms with Gasteiger partial charge >= 0.3 is 5.97 Å². The molecule has 0 atom stereocenters. The van der Waals surface area contributed by atoms with Crippen molar-refractivity contribution in [3.8, 4) is 0 Å². The number of esters is 1. The normalized spacial score (nSPS) is 10.3. The fourth-order valence-electron chi connectivity index (χ4n) is 2.68. The first-order valence-electron chi connectivity index (χ1n) is 8.72. The Morgan fingerprint density at radius 1 is 0.926 bits per heavy atom. The van der Waals surface area contributed by atoms with E-state index in [0.717, 1.165) is 5.56 Å². The number of pyridine rings is 1. The number of ether oxygens (including phenoxy) is 1. The topological polar surface area (TPSA) is 59.5 Å². The smallest absolute Gasteiger partial charge is 0.338 e. The Bertz CT molecular complexity index is 894. The molecule has 27 heavy (non-hydrogen) atoms. The van der Waals surface area contributed by atoms with E-state index in [9.17, 15) is 9.59 Å². The van der Waals surface area contributed by atoms with Gasteiger partial charge in [0.25, 0.3) is 5.91 Å². The summed E-state index contributed by atoms with van der Waals surface area (Å²) in [5.41, 5.74) is 2.65. The molecule has 1 amide bonds. The SMILES string of the molecule is CCOC(=O)c1ccc(N(Cc2cccnc2)C(=O)c2ccccc2)cc1. The number of amides is 1. The Morgan fingerprint density at radius 3 is 2.30 bits per heavy atom. The summed E-state index contributed by atoms with van der Waals surface area (Å²) in [4.78, 5) is 30.7. The molecule has 1 aromatic heterocycles. The first-order chi connectivity index (χ1) is 13.2. The average Bonchev–Trinajstić information content (AvgIpc) is 2.73. The molecular weight excluding hydrogens is 340 g/mol. The Balaban J connectivity index is 1.91. The molecule has 0 aliphatic rings. The monoisotopic (exact) mass is 360 g/mol. The molecule has 0 aliphatic carbocycles. The van der Waals surface area contributed by atoms with Crippen LogP contribution in [-0.4, -0.2) is 23.5 Å². The molecule has 5 heteroatoms. The van der Waals surface area contributed by atoms with Gasteiger partial charge in [-0.2, -0.15) is 0 Å². The molecular formula is C22H20N2O3. The summed E-state index contributed by atoms with van der Waals surface area (Å²) in [6.45, 7) is 2.46. The van der Waals surface area contributed by atoms with E-state index in [-0.39, 0.29) is 11.9 Å². The second kappa shape index (κ2) is 8.76. The predicted molar refractivity (Wildman–Crippen MR) is 104 cm³/mol. The Labute approximate surface area is 158 Å². The Morgan fingerprint density at radius 2 is 1.67 bits per heavy atom. The van der Waals surface area contributed by atoms with Gasteiger partial charge in [-0.1, -0.05) is 24.3 Å². The van der Waals surface area contributed by atoms with Gasteiger partial charge in [0, 0.05) is 23.6 Å². The number of nitrogens with zero attached hydrogens (tertiary/aromatic N) is 2. The van der Waals surface area contributed by atoms with Gasteiger partial charge in [-0.25, -0.2) is 4.79 Å². The van der Waals surface area contributed by atoms with Gasteiger partial charge < -0.3 is 9.64 Å². The maximum Gasteiger partial charge on any atom is 0.338 e. The number of hydrogen-bond acceptors (Lipinski definition) is 4. The van der Waals surface area contributed by atoms with E-state index >= 15 is 0 Å². The summed E-state index contributed by atoms with van der Waals surface area (Å²) in [6, 6.07) is 19.7. The molecule has 0 saturated heterocycles. The van der Waals surface area contributed by atoms with Gasteiger partial charge in [-0.05, 0) is 55.0 Å². The standard InChI is InChI=1S/C22H20N2O3/c1-2-27-22(26)19-10-12-20(13-11-19)24(16-17-7-6-14-23-15-17)21(25)18-8-4-3-5-9-18/h3-15H,2,16H2,1H3. The third-order valence-corrected chi connectivity index (χ3v) is 4.02. The summed E-state index contributed by atoms with van der Waals surface area (Å²) in [6.07, 6.45) is 3.43. The van der Waals surface area contributed by atoms with Crippen molar-refractivity contribution in [2.45, 2.75) is 13.5 Å². The lowest BCUT2D eigenvalue weighted by atomic mass is 10.1. The van der Waals surface area contributed by atoms with Crippen LogP contribution in [0.5, 0.6) is 0 Å². The van der Waals surface area contributed by atoms with Crippen LogP contribution in [-0.2, 0) is 11.3 Å². The molecule has 0 aliphatic heterocycles. The summed E-state index contributed by atoms with van der Waals surface area (Å²) < 4.78 is 5.01. The van der Waals surface area contributed by atoms with Crippen LogP contribution in [0.3, 0.4) is 0 Å². The second-order valence-corrected chi connectivity index (χ2v) is 5.89. The van der Waals surface area contributed by atoms with Crippen molar-refractivity contribution in [3.05, 3.63) is 95.8 Å². The van der Waals surface area contributed by atoms with E-state index < -0.39 is 0 Å². The summed E-state index contributed by atoms with van der Waals surface area (Å²) in [5.74, 6) is -0.499. The second-order valence-electron chi connectivity index (χ2n) is 5.89. The number of aromatic nitrogens is 1. The van der Waals surface area contributed by atoms with Crippen molar-refractivity contribution in [3.63, 3.8) is 0 Å². The molecule has 3 aromatic rings. The van der Waals surface area contributed by atoms with Crippen LogP contribution >= 0.6 is 0 Å². The summed E-state index contributed by atoms with van der Waals surface area (Å²) >= 11 is 0. The summed E-state index contributed by atoms with van der Waals surface area (Å²) in [7, 11) is 0. The predicted octanol–water partition coefficient (Wildman–Crippen LogP) is 4.11. The zero-order valence-corrected chi connectivity index (χ0v) is 15.0. The van der Waals surface area contributed by atoms with Crippen molar-refractivity contribution >= 4 is 17.6 Å². The van der Waals surface area contributed by atoms with E-state index in [1.54, 1.807) is 60.6 Å². The van der Waals surface area contributed by atoms with E-state index in [1.165, 1.54) is 0 Å². The van der Waals surface area contributed by atoms with Crippen molar-refractivity contribution < 1.29 is 14.3 Å². The average molecular weight is 360 g/mol. The van der Waals surface area contributed by atoms with Crippen LogP contribution in [0.2, 0.25) is 0 Å². The van der Waals surface area contributed by atoms with Crippen molar-refractivity contribution in [2.24, 2.45) is 0 Å².